The molecule has 6 atom stereocenters. The van der Waals surface area contributed by atoms with Crippen LogP contribution in [0.1, 0.15) is 20.7 Å². The number of fused-ring (bicyclic) bond motifs is 1. The highest BCUT2D eigenvalue weighted by molar-refractivity contribution is 6.01. The number of carbonyl (C=O) groups is 4. The average molecular weight is 488 g/mol. The normalized spacial score (nSPS) is 32.2. The topological polar surface area (TPSA) is 127 Å². The number of hydrogen-bond acceptors (Lipinski definition) is 8. The molecule has 1 saturated carbocycles. The molecule has 1 fully saturated rings. The van der Waals surface area contributed by atoms with Crippen molar-refractivity contribution in [2.45, 2.75) is 11.2 Å². The Bertz CT molecular complexity index is 1270. The second-order valence-electron chi connectivity index (χ2n) is 9.36. The summed E-state index contributed by atoms with van der Waals surface area (Å²) in [5.41, 5.74) is -3.84. The highest BCUT2D eigenvalue weighted by Crippen LogP contribution is 2.54. The van der Waals surface area contributed by atoms with Gasteiger partial charge >= 0.3 is 11.9 Å². The predicted molar refractivity (Wildman–Crippen MR) is 126 cm³/mol. The SMILES string of the molecule is O=C(OC[C@@]1(O)C(=O)C=C[C@@H]2[C@@H]1[C@H]1C=C[C@@H]2C(=O)[C@]1(O)COC(=O)c1ccccc1)c1ccccc1. The maximum absolute atomic E-state index is 13.3. The van der Waals surface area contributed by atoms with E-state index in [0.717, 1.165) is 0 Å². The number of aliphatic hydroxyl groups is 2. The van der Waals surface area contributed by atoms with Crippen LogP contribution in [-0.4, -0.2) is 58.1 Å². The molecule has 0 heterocycles. The highest BCUT2D eigenvalue weighted by Gasteiger charge is 2.66. The van der Waals surface area contributed by atoms with Gasteiger partial charge in [-0.15, -0.1) is 0 Å². The van der Waals surface area contributed by atoms with Crippen molar-refractivity contribution in [1.29, 1.82) is 0 Å². The van der Waals surface area contributed by atoms with Gasteiger partial charge in [-0.05, 0) is 36.3 Å². The van der Waals surface area contributed by atoms with Crippen molar-refractivity contribution in [3.63, 3.8) is 0 Å². The van der Waals surface area contributed by atoms with E-state index in [4.69, 9.17) is 9.47 Å². The summed E-state index contributed by atoms with van der Waals surface area (Å²) in [6.45, 7) is -1.30. The molecule has 4 aliphatic carbocycles. The van der Waals surface area contributed by atoms with Gasteiger partial charge in [0.2, 0.25) is 0 Å². The fraction of sp³-hybridized carbons (Fsp3) is 0.286. The fourth-order valence-corrected chi connectivity index (χ4v) is 5.48. The van der Waals surface area contributed by atoms with Crippen LogP contribution < -0.4 is 0 Å². The third-order valence-electron chi connectivity index (χ3n) is 7.34. The van der Waals surface area contributed by atoms with E-state index >= 15 is 0 Å². The van der Waals surface area contributed by atoms with Gasteiger partial charge in [0, 0.05) is 17.8 Å². The van der Waals surface area contributed by atoms with E-state index in [-0.39, 0.29) is 11.1 Å². The minimum absolute atomic E-state index is 0.251. The lowest BCUT2D eigenvalue weighted by atomic mass is 9.49. The van der Waals surface area contributed by atoms with Crippen LogP contribution in [0.2, 0.25) is 0 Å². The number of esters is 2. The molecular formula is C28H24O8. The Hall–Kier alpha value is -3.88. The molecule has 0 aromatic heterocycles. The van der Waals surface area contributed by atoms with Crippen molar-refractivity contribution in [3.8, 4) is 0 Å². The first kappa shape index (κ1) is 23.8. The van der Waals surface area contributed by atoms with E-state index in [1.807, 2.05) is 0 Å². The Labute approximate surface area is 206 Å². The summed E-state index contributed by atoms with van der Waals surface area (Å²) in [6, 6.07) is 16.3. The van der Waals surface area contributed by atoms with Crippen molar-refractivity contribution in [1.82, 2.24) is 0 Å². The smallest absolute Gasteiger partial charge is 0.338 e. The van der Waals surface area contributed by atoms with E-state index in [1.165, 1.54) is 6.08 Å². The summed E-state index contributed by atoms with van der Waals surface area (Å²) in [4.78, 5) is 51.2. The molecule has 2 N–H and O–H groups in total. The van der Waals surface area contributed by atoms with Crippen molar-refractivity contribution in [2.24, 2.45) is 23.7 Å². The van der Waals surface area contributed by atoms with Gasteiger partial charge in [0.15, 0.2) is 22.8 Å². The summed E-state index contributed by atoms with van der Waals surface area (Å²) in [5.74, 6) is -6.17. The van der Waals surface area contributed by atoms with E-state index in [0.29, 0.717) is 0 Å². The van der Waals surface area contributed by atoms with Crippen molar-refractivity contribution in [2.75, 3.05) is 13.2 Å². The van der Waals surface area contributed by atoms with Gasteiger partial charge in [-0.25, -0.2) is 9.59 Å². The standard InChI is InChI=1S/C28H24O8/c29-22-14-12-19-20-11-13-21(23(19)28(22,34)16-36-26(32)18-9-5-2-6-10-18)27(33,24(20)30)15-35-25(31)17-7-3-1-4-8-17/h1-14,19-21,23,33-34H,15-16H2/t19-,20-,21+,23+,27-,28+/m0/s1. The molecule has 2 bridgehead atoms. The van der Waals surface area contributed by atoms with Crippen molar-refractivity contribution in [3.05, 3.63) is 96.1 Å². The van der Waals surface area contributed by atoms with E-state index in [9.17, 15) is 29.4 Å². The first-order valence-corrected chi connectivity index (χ1v) is 11.6. The van der Waals surface area contributed by atoms with Gasteiger partial charge in [-0.2, -0.15) is 0 Å². The molecular weight excluding hydrogens is 464 g/mol. The number of Topliss-reactive ketones (excluding diaryl/α,β-unsaturated/α-hetero) is 1. The predicted octanol–water partition coefficient (Wildman–Crippen LogP) is 1.92. The lowest BCUT2D eigenvalue weighted by molar-refractivity contribution is -0.191. The number of carbonyl (C=O) groups excluding carboxylic acids is 4. The molecule has 0 aliphatic heterocycles. The third kappa shape index (κ3) is 3.79. The molecule has 0 unspecified atom stereocenters. The second-order valence-corrected chi connectivity index (χ2v) is 9.36. The zero-order valence-corrected chi connectivity index (χ0v) is 19.2. The van der Waals surface area contributed by atoms with Crippen LogP contribution in [0.25, 0.3) is 0 Å². The second kappa shape index (κ2) is 8.96. The molecule has 36 heavy (non-hydrogen) atoms. The summed E-state index contributed by atoms with van der Waals surface area (Å²) < 4.78 is 10.6. The molecule has 2 aromatic rings. The average Bonchev–Trinajstić information content (AvgIpc) is 2.91. The van der Waals surface area contributed by atoms with Crippen molar-refractivity contribution < 1.29 is 38.9 Å². The Balaban J connectivity index is 1.41. The van der Waals surface area contributed by atoms with E-state index < -0.39 is 71.6 Å². The van der Waals surface area contributed by atoms with Gasteiger partial charge in [0.05, 0.1) is 11.1 Å². The summed E-state index contributed by atoms with van der Waals surface area (Å²) in [6.07, 6.45) is 5.95. The van der Waals surface area contributed by atoms with Crippen LogP contribution in [0.15, 0.2) is 85.0 Å². The number of hydrogen-bond donors (Lipinski definition) is 2. The molecule has 8 heteroatoms. The quantitative estimate of drug-likeness (QED) is 0.466. The van der Waals surface area contributed by atoms with Crippen LogP contribution in [0.3, 0.4) is 0 Å². The lowest BCUT2D eigenvalue weighted by Crippen LogP contribution is -2.70. The third-order valence-corrected chi connectivity index (χ3v) is 7.34. The Morgan fingerprint density at radius 1 is 0.750 bits per heavy atom. The van der Waals surface area contributed by atoms with Gasteiger partial charge in [-0.3, -0.25) is 9.59 Å². The molecule has 0 amide bonds. The first-order valence-electron chi connectivity index (χ1n) is 11.6. The van der Waals surface area contributed by atoms with Gasteiger partial charge < -0.3 is 19.7 Å². The highest BCUT2D eigenvalue weighted by atomic mass is 16.5. The van der Waals surface area contributed by atoms with Crippen LogP contribution in [0, 0.1) is 23.7 Å². The Kier molecular flexibility index (Phi) is 5.94. The molecule has 0 radical (unpaired) electrons. The minimum atomic E-state index is -2.18. The Morgan fingerprint density at radius 2 is 1.28 bits per heavy atom. The number of allylic oxidation sites excluding steroid dienone is 2. The Morgan fingerprint density at radius 3 is 1.83 bits per heavy atom. The summed E-state index contributed by atoms with van der Waals surface area (Å²) >= 11 is 0. The zero-order chi connectivity index (χ0) is 25.5. The zero-order valence-electron chi connectivity index (χ0n) is 19.2. The van der Waals surface area contributed by atoms with E-state index in [1.54, 1.807) is 78.9 Å². The minimum Gasteiger partial charge on any atom is -0.459 e. The van der Waals surface area contributed by atoms with Crippen molar-refractivity contribution >= 4 is 23.5 Å². The van der Waals surface area contributed by atoms with Crippen LogP contribution in [0.5, 0.6) is 0 Å². The van der Waals surface area contributed by atoms with Crippen LogP contribution >= 0.6 is 0 Å². The fourth-order valence-electron chi connectivity index (χ4n) is 5.48. The van der Waals surface area contributed by atoms with E-state index in [2.05, 4.69) is 0 Å². The molecule has 0 saturated heterocycles. The molecule has 184 valence electrons. The van der Waals surface area contributed by atoms with Gasteiger partial charge in [0.1, 0.15) is 13.2 Å². The van der Waals surface area contributed by atoms with Gasteiger partial charge in [0.25, 0.3) is 0 Å². The van der Waals surface area contributed by atoms with Gasteiger partial charge in [-0.1, -0.05) is 54.6 Å². The van der Waals surface area contributed by atoms with Crippen LogP contribution in [-0.2, 0) is 19.1 Å². The molecule has 2 aromatic carbocycles. The number of ketones is 2. The molecule has 6 rings (SSSR count). The lowest BCUT2D eigenvalue weighted by Gasteiger charge is -2.56. The number of rotatable bonds is 6. The number of benzene rings is 2. The summed E-state index contributed by atoms with van der Waals surface area (Å²) in [7, 11) is 0. The first-order chi connectivity index (χ1) is 17.3. The molecule has 4 aliphatic rings. The maximum atomic E-state index is 13.3. The molecule has 8 nitrogen and oxygen atoms in total. The largest absolute Gasteiger partial charge is 0.459 e. The summed E-state index contributed by atoms with van der Waals surface area (Å²) in [5, 5.41) is 23.1. The monoisotopic (exact) mass is 488 g/mol. The maximum Gasteiger partial charge on any atom is 0.338 e. The number of ether oxygens (including phenoxy) is 2. The van der Waals surface area contributed by atoms with Crippen LogP contribution in [0.4, 0.5) is 0 Å². The molecule has 0 spiro atoms.